The van der Waals surface area contributed by atoms with E-state index in [4.69, 9.17) is 4.74 Å². The largest absolute Gasteiger partial charge is 0.369 e. The highest BCUT2D eigenvalue weighted by Gasteiger charge is 2.23. The average Bonchev–Trinajstić information content (AvgIpc) is 2.39. The van der Waals surface area contributed by atoms with E-state index in [9.17, 15) is 0 Å². The molecular weight excluding hydrogens is 288 g/mol. The lowest BCUT2D eigenvalue weighted by Crippen LogP contribution is -2.23. The van der Waals surface area contributed by atoms with Crippen molar-refractivity contribution in [3.8, 4) is 0 Å². The van der Waals surface area contributed by atoms with Crippen molar-refractivity contribution in [2.45, 2.75) is 51.7 Å². The first kappa shape index (κ1) is 14.1. The molecule has 0 amide bonds. The molecular formula is C16H23BrO. The molecule has 1 nitrogen and oxygen atoms in total. The quantitative estimate of drug-likeness (QED) is 0.709. The van der Waals surface area contributed by atoms with Crippen molar-refractivity contribution in [2.24, 2.45) is 5.92 Å². The van der Waals surface area contributed by atoms with Crippen molar-refractivity contribution >= 4 is 15.9 Å². The van der Waals surface area contributed by atoms with Gasteiger partial charge in [0.15, 0.2) is 0 Å². The van der Waals surface area contributed by atoms with E-state index < -0.39 is 0 Å². The summed E-state index contributed by atoms with van der Waals surface area (Å²) < 4.78 is 6.31. The van der Waals surface area contributed by atoms with E-state index in [-0.39, 0.29) is 6.10 Å². The molecule has 0 N–H and O–H groups in total. The lowest BCUT2D eigenvalue weighted by molar-refractivity contribution is -0.0258. The zero-order chi connectivity index (χ0) is 13.0. The molecule has 1 saturated carbocycles. The summed E-state index contributed by atoms with van der Waals surface area (Å²) in [6.07, 6.45) is 5.71. The molecule has 0 aromatic heterocycles. The normalized spacial score (nSPS) is 25.9. The summed E-state index contributed by atoms with van der Waals surface area (Å²) in [7, 11) is 0. The highest BCUT2D eigenvalue weighted by atomic mass is 79.9. The minimum Gasteiger partial charge on any atom is -0.369 e. The molecule has 0 radical (unpaired) electrons. The highest BCUT2D eigenvalue weighted by Crippen LogP contribution is 2.31. The van der Waals surface area contributed by atoms with Gasteiger partial charge in [-0.3, -0.25) is 0 Å². The molecule has 1 aliphatic rings. The fourth-order valence-electron chi connectivity index (χ4n) is 2.74. The SMILES string of the molecule is Cc1ccccc1C(CBr)OC1CCC(C)CC1. The summed E-state index contributed by atoms with van der Waals surface area (Å²) in [5, 5.41) is 0.879. The molecule has 1 fully saturated rings. The van der Waals surface area contributed by atoms with Crippen molar-refractivity contribution in [3.05, 3.63) is 35.4 Å². The smallest absolute Gasteiger partial charge is 0.0927 e. The van der Waals surface area contributed by atoms with Gasteiger partial charge in [-0.25, -0.2) is 0 Å². The Morgan fingerprint density at radius 2 is 1.89 bits per heavy atom. The van der Waals surface area contributed by atoms with Gasteiger partial charge in [-0.15, -0.1) is 0 Å². The lowest BCUT2D eigenvalue weighted by atomic mass is 9.88. The van der Waals surface area contributed by atoms with E-state index in [1.165, 1.54) is 36.8 Å². The maximum atomic E-state index is 6.31. The minimum atomic E-state index is 0.199. The van der Waals surface area contributed by atoms with Crippen molar-refractivity contribution in [1.82, 2.24) is 0 Å². The van der Waals surface area contributed by atoms with Crippen molar-refractivity contribution in [1.29, 1.82) is 0 Å². The van der Waals surface area contributed by atoms with Gasteiger partial charge < -0.3 is 4.74 Å². The van der Waals surface area contributed by atoms with Gasteiger partial charge in [-0.1, -0.05) is 47.1 Å². The molecule has 1 unspecified atom stereocenters. The van der Waals surface area contributed by atoms with Gasteiger partial charge in [-0.05, 0) is 49.7 Å². The van der Waals surface area contributed by atoms with E-state index in [1.807, 2.05) is 0 Å². The van der Waals surface area contributed by atoms with Crippen molar-refractivity contribution in [2.75, 3.05) is 5.33 Å². The first-order valence-electron chi connectivity index (χ1n) is 6.97. The molecule has 0 bridgehead atoms. The van der Waals surface area contributed by atoms with Gasteiger partial charge in [0.1, 0.15) is 0 Å². The average molecular weight is 311 g/mol. The van der Waals surface area contributed by atoms with Gasteiger partial charge in [0.05, 0.1) is 12.2 Å². The van der Waals surface area contributed by atoms with Crippen LogP contribution in [0.3, 0.4) is 0 Å². The van der Waals surface area contributed by atoms with Crippen LogP contribution in [-0.2, 0) is 4.74 Å². The standard InChI is InChI=1S/C16H23BrO/c1-12-7-9-14(10-8-12)18-16(11-17)15-6-4-3-5-13(15)2/h3-6,12,14,16H,7-11H2,1-2H3. The predicted octanol–water partition coefficient (Wildman–Crippen LogP) is 5.03. The van der Waals surface area contributed by atoms with Crippen LogP contribution in [0.25, 0.3) is 0 Å². The Morgan fingerprint density at radius 1 is 1.22 bits per heavy atom. The fraction of sp³-hybridized carbons (Fsp3) is 0.625. The van der Waals surface area contributed by atoms with Gasteiger partial charge >= 0.3 is 0 Å². The molecule has 0 aliphatic heterocycles. The number of ether oxygens (including phenoxy) is 1. The lowest BCUT2D eigenvalue weighted by Gasteiger charge is -2.30. The van der Waals surface area contributed by atoms with E-state index in [2.05, 4.69) is 54.0 Å². The van der Waals surface area contributed by atoms with Crippen molar-refractivity contribution in [3.63, 3.8) is 0 Å². The molecule has 1 atom stereocenters. The van der Waals surface area contributed by atoms with Crippen LogP contribution >= 0.6 is 15.9 Å². The highest BCUT2D eigenvalue weighted by molar-refractivity contribution is 9.09. The number of hydrogen-bond donors (Lipinski definition) is 0. The second-order valence-corrected chi connectivity index (χ2v) is 6.16. The first-order chi connectivity index (χ1) is 8.70. The maximum absolute atomic E-state index is 6.31. The number of benzene rings is 1. The minimum absolute atomic E-state index is 0.199. The molecule has 0 saturated heterocycles. The van der Waals surface area contributed by atoms with Crippen LogP contribution in [0.1, 0.15) is 49.8 Å². The number of rotatable bonds is 4. The summed E-state index contributed by atoms with van der Waals surface area (Å²) in [6.45, 7) is 4.51. The van der Waals surface area contributed by atoms with Crippen LogP contribution in [0.15, 0.2) is 24.3 Å². The zero-order valence-corrected chi connectivity index (χ0v) is 12.9. The van der Waals surface area contributed by atoms with Gasteiger partial charge in [0.25, 0.3) is 0 Å². The second kappa shape index (κ2) is 6.72. The number of hydrogen-bond acceptors (Lipinski definition) is 1. The van der Waals surface area contributed by atoms with E-state index in [0.717, 1.165) is 11.2 Å². The van der Waals surface area contributed by atoms with Crippen LogP contribution < -0.4 is 0 Å². The zero-order valence-electron chi connectivity index (χ0n) is 11.4. The van der Waals surface area contributed by atoms with E-state index in [1.54, 1.807) is 0 Å². The van der Waals surface area contributed by atoms with Crippen LogP contribution in [-0.4, -0.2) is 11.4 Å². The Labute approximate surface area is 119 Å². The number of aryl methyl sites for hydroxylation is 1. The van der Waals surface area contributed by atoms with E-state index >= 15 is 0 Å². The van der Waals surface area contributed by atoms with Crippen molar-refractivity contribution < 1.29 is 4.74 Å². The Kier molecular flexibility index (Phi) is 5.25. The summed E-state index contributed by atoms with van der Waals surface area (Å²) in [5.74, 6) is 0.880. The summed E-state index contributed by atoms with van der Waals surface area (Å²) in [6, 6.07) is 8.54. The third-order valence-corrected chi connectivity index (χ3v) is 4.58. The number of alkyl halides is 1. The number of halogens is 1. The molecule has 18 heavy (non-hydrogen) atoms. The van der Waals surface area contributed by atoms with Crippen LogP contribution in [0.2, 0.25) is 0 Å². The Balaban J connectivity index is 1.99. The summed E-state index contributed by atoms with van der Waals surface area (Å²) >= 11 is 3.60. The molecule has 0 heterocycles. The topological polar surface area (TPSA) is 9.23 Å². The monoisotopic (exact) mass is 310 g/mol. The third kappa shape index (κ3) is 3.58. The Bertz CT molecular complexity index is 369. The van der Waals surface area contributed by atoms with Gasteiger partial charge in [-0.2, -0.15) is 0 Å². The second-order valence-electron chi connectivity index (χ2n) is 5.52. The van der Waals surface area contributed by atoms with Crippen LogP contribution in [0, 0.1) is 12.8 Å². The molecule has 0 spiro atoms. The van der Waals surface area contributed by atoms with Crippen LogP contribution in [0.4, 0.5) is 0 Å². The summed E-state index contributed by atoms with van der Waals surface area (Å²) in [5.41, 5.74) is 2.65. The molecule has 100 valence electrons. The molecule has 1 aromatic carbocycles. The van der Waals surface area contributed by atoms with Crippen LogP contribution in [0.5, 0.6) is 0 Å². The Morgan fingerprint density at radius 3 is 2.50 bits per heavy atom. The van der Waals surface area contributed by atoms with Gasteiger partial charge in [0.2, 0.25) is 0 Å². The van der Waals surface area contributed by atoms with E-state index in [0.29, 0.717) is 6.10 Å². The van der Waals surface area contributed by atoms with Gasteiger partial charge in [0, 0.05) is 5.33 Å². The molecule has 2 heteroatoms. The first-order valence-corrected chi connectivity index (χ1v) is 8.09. The Hall–Kier alpha value is -0.340. The summed E-state index contributed by atoms with van der Waals surface area (Å²) in [4.78, 5) is 0. The molecule has 2 rings (SSSR count). The predicted molar refractivity (Wildman–Crippen MR) is 80.2 cm³/mol. The molecule has 1 aromatic rings. The fourth-order valence-corrected chi connectivity index (χ4v) is 3.24. The maximum Gasteiger partial charge on any atom is 0.0927 e. The molecule has 1 aliphatic carbocycles. The third-order valence-electron chi connectivity index (χ3n) is 4.00.